The molecule has 0 saturated carbocycles. The second-order valence-electron chi connectivity index (χ2n) is 7.49. The van der Waals surface area contributed by atoms with Crippen molar-refractivity contribution in [2.45, 2.75) is 52.0 Å². The molecule has 1 aromatic rings. The SMILES string of the molecule is CCCOCc1ccccc1CN=C(NCC)N1CCS(=O)(=O)C(C)(C)C1. The first-order chi connectivity index (χ1) is 12.8. The molecule has 0 bridgehead atoms. The van der Waals surface area contributed by atoms with Gasteiger partial charge in [-0.15, -0.1) is 0 Å². The van der Waals surface area contributed by atoms with E-state index in [4.69, 9.17) is 9.73 Å². The predicted molar refractivity (Wildman–Crippen MR) is 111 cm³/mol. The van der Waals surface area contributed by atoms with Crippen molar-refractivity contribution in [1.82, 2.24) is 10.2 Å². The first kappa shape index (κ1) is 21.7. The van der Waals surface area contributed by atoms with E-state index in [9.17, 15) is 8.42 Å². The number of aliphatic imine (C=N–C) groups is 1. The highest BCUT2D eigenvalue weighted by Crippen LogP contribution is 2.24. The molecule has 0 aromatic heterocycles. The minimum atomic E-state index is -3.07. The molecule has 1 heterocycles. The Kier molecular flexibility index (Phi) is 7.68. The van der Waals surface area contributed by atoms with Crippen LogP contribution in [0.4, 0.5) is 0 Å². The van der Waals surface area contributed by atoms with E-state index in [-0.39, 0.29) is 5.75 Å². The number of nitrogens with zero attached hydrogens (tertiary/aromatic N) is 2. The number of hydrogen-bond donors (Lipinski definition) is 1. The van der Waals surface area contributed by atoms with Crippen LogP contribution in [0.15, 0.2) is 29.3 Å². The quantitative estimate of drug-likeness (QED) is 0.436. The van der Waals surface area contributed by atoms with Gasteiger partial charge in [0.05, 0.1) is 23.7 Å². The standard InChI is InChI=1S/C20H33N3O3S/c1-5-12-26-15-18-10-8-7-9-17(18)14-22-19(21-6-2)23-11-13-27(24,25)20(3,4)16-23/h7-10H,5-6,11-16H2,1-4H3,(H,21,22). The van der Waals surface area contributed by atoms with Crippen LogP contribution >= 0.6 is 0 Å². The van der Waals surface area contributed by atoms with Crippen LogP contribution in [0.1, 0.15) is 45.2 Å². The minimum Gasteiger partial charge on any atom is -0.377 e. The third-order valence-electron chi connectivity index (χ3n) is 4.80. The normalized spacial score (nSPS) is 19.1. The predicted octanol–water partition coefficient (Wildman–Crippen LogP) is 2.59. The van der Waals surface area contributed by atoms with Crippen LogP contribution in [0.3, 0.4) is 0 Å². The zero-order valence-electron chi connectivity index (χ0n) is 17.0. The topological polar surface area (TPSA) is 71.0 Å². The highest BCUT2D eigenvalue weighted by molar-refractivity contribution is 7.92. The number of benzene rings is 1. The lowest BCUT2D eigenvalue weighted by molar-refractivity contribution is 0.121. The lowest BCUT2D eigenvalue weighted by Gasteiger charge is -2.39. The molecule has 2 rings (SSSR count). The molecule has 7 heteroatoms. The molecule has 1 aromatic carbocycles. The summed E-state index contributed by atoms with van der Waals surface area (Å²) in [4.78, 5) is 6.85. The van der Waals surface area contributed by atoms with Gasteiger partial charge in [0.15, 0.2) is 15.8 Å². The van der Waals surface area contributed by atoms with Gasteiger partial charge >= 0.3 is 0 Å². The summed E-state index contributed by atoms with van der Waals surface area (Å²) in [6.07, 6.45) is 0.999. The van der Waals surface area contributed by atoms with E-state index in [1.807, 2.05) is 19.1 Å². The van der Waals surface area contributed by atoms with E-state index in [0.29, 0.717) is 26.2 Å². The van der Waals surface area contributed by atoms with Gasteiger partial charge in [-0.1, -0.05) is 31.2 Å². The Hall–Kier alpha value is -1.60. The van der Waals surface area contributed by atoms with Gasteiger partial charge in [0.1, 0.15) is 0 Å². The second kappa shape index (κ2) is 9.55. The molecular weight excluding hydrogens is 362 g/mol. The average molecular weight is 396 g/mol. The van der Waals surface area contributed by atoms with E-state index < -0.39 is 14.6 Å². The van der Waals surface area contributed by atoms with E-state index in [1.54, 1.807) is 13.8 Å². The Bertz CT molecular complexity index is 745. The number of rotatable bonds is 7. The fourth-order valence-electron chi connectivity index (χ4n) is 3.09. The van der Waals surface area contributed by atoms with Crippen LogP contribution in [0, 0.1) is 0 Å². The lowest BCUT2D eigenvalue weighted by atomic mass is 10.1. The maximum Gasteiger partial charge on any atom is 0.194 e. The number of guanidine groups is 1. The zero-order chi connectivity index (χ0) is 19.9. The summed E-state index contributed by atoms with van der Waals surface area (Å²) < 4.78 is 29.5. The Morgan fingerprint density at radius 2 is 1.96 bits per heavy atom. The monoisotopic (exact) mass is 395 g/mol. The van der Waals surface area contributed by atoms with Crippen LogP contribution in [0.5, 0.6) is 0 Å². The maximum absolute atomic E-state index is 12.3. The number of nitrogens with one attached hydrogen (secondary N) is 1. The Morgan fingerprint density at radius 1 is 1.26 bits per heavy atom. The van der Waals surface area contributed by atoms with E-state index in [0.717, 1.165) is 36.7 Å². The minimum absolute atomic E-state index is 0.159. The van der Waals surface area contributed by atoms with Crippen LogP contribution in [0.25, 0.3) is 0 Å². The number of ether oxygens (including phenoxy) is 1. The van der Waals surface area contributed by atoms with E-state index in [1.165, 1.54) is 0 Å². The summed E-state index contributed by atoms with van der Waals surface area (Å²) in [6, 6.07) is 8.17. The molecule has 0 unspecified atom stereocenters. The van der Waals surface area contributed by atoms with Crippen molar-refractivity contribution in [3.63, 3.8) is 0 Å². The van der Waals surface area contributed by atoms with Crippen molar-refractivity contribution in [3.8, 4) is 0 Å². The van der Waals surface area contributed by atoms with Crippen LogP contribution in [-0.2, 0) is 27.7 Å². The molecular formula is C20H33N3O3S. The summed E-state index contributed by atoms with van der Waals surface area (Å²) in [5.74, 6) is 0.927. The van der Waals surface area contributed by atoms with Crippen molar-refractivity contribution in [2.75, 3.05) is 32.0 Å². The van der Waals surface area contributed by atoms with Crippen molar-refractivity contribution in [2.24, 2.45) is 4.99 Å². The van der Waals surface area contributed by atoms with Gasteiger partial charge in [-0.05, 0) is 38.3 Å². The molecule has 1 aliphatic rings. The third kappa shape index (κ3) is 5.69. The van der Waals surface area contributed by atoms with Gasteiger partial charge < -0.3 is 15.0 Å². The molecule has 1 saturated heterocycles. The van der Waals surface area contributed by atoms with Crippen molar-refractivity contribution in [1.29, 1.82) is 0 Å². The Morgan fingerprint density at radius 3 is 2.59 bits per heavy atom. The zero-order valence-corrected chi connectivity index (χ0v) is 17.8. The van der Waals surface area contributed by atoms with E-state index in [2.05, 4.69) is 29.3 Å². The smallest absolute Gasteiger partial charge is 0.194 e. The molecule has 1 aliphatic heterocycles. The molecule has 0 atom stereocenters. The molecule has 1 fully saturated rings. The Labute approximate surface area is 163 Å². The fraction of sp³-hybridized carbons (Fsp3) is 0.650. The van der Waals surface area contributed by atoms with Crippen LogP contribution < -0.4 is 5.32 Å². The molecule has 27 heavy (non-hydrogen) atoms. The van der Waals surface area contributed by atoms with Crippen molar-refractivity contribution in [3.05, 3.63) is 35.4 Å². The van der Waals surface area contributed by atoms with Gasteiger partial charge in [0.25, 0.3) is 0 Å². The van der Waals surface area contributed by atoms with E-state index >= 15 is 0 Å². The van der Waals surface area contributed by atoms with Crippen LogP contribution in [-0.4, -0.2) is 56.0 Å². The summed E-state index contributed by atoms with van der Waals surface area (Å²) in [6.45, 7) is 11.2. The first-order valence-electron chi connectivity index (χ1n) is 9.71. The van der Waals surface area contributed by atoms with Gasteiger partial charge in [-0.25, -0.2) is 13.4 Å². The second-order valence-corrected chi connectivity index (χ2v) is 10.2. The van der Waals surface area contributed by atoms with Crippen molar-refractivity contribution < 1.29 is 13.2 Å². The highest BCUT2D eigenvalue weighted by atomic mass is 32.2. The largest absolute Gasteiger partial charge is 0.377 e. The fourth-order valence-corrected chi connectivity index (χ4v) is 4.46. The molecule has 152 valence electrons. The summed E-state index contributed by atoms with van der Waals surface area (Å²) in [5.41, 5.74) is 2.28. The molecule has 0 amide bonds. The van der Waals surface area contributed by atoms with Gasteiger partial charge in [-0.2, -0.15) is 0 Å². The average Bonchev–Trinajstić information content (AvgIpc) is 2.62. The lowest BCUT2D eigenvalue weighted by Crippen LogP contribution is -2.57. The molecule has 0 radical (unpaired) electrons. The molecule has 0 aliphatic carbocycles. The summed E-state index contributed by atoms with van der Waals surface area (Å²) >= 11 is 0. The van der Waals surface area contributed by atoms with Crippen molar-refractivity contribution >= 4 is 15.8 Å². The maximum atomic E-state index is 12.3. The van der Waals surface area contributed by atoms with Crippen LogP contribution in [0.2, 0.25) is 0 Å². The molecule has 0 spiro atoms. The van der Waals surface area contributed by atoms with Gasteiger partial charge in [0.2, 0.25) is 0 Å². The summed E-state index contributed by atoms with van der Waals surface area (Å²) in [5, 5.41) is 3.31. The molecule has 6 nitrogen and oxygen atoms in total. The van der Waals surface area contributed by atoms with Gasteiger partial charge in [0, 0.05) is 26.2 Å². The summed E-state index contributed by atoms with van der Waals surface area (Å²) in [7, 11) is -3.07. The third-order valence-corrected chi connectivity index (χ3v) is 7.33. The molecule has 1 N–H and O–H groups in total. The first-order valence-corrected chi connectivity index (χ1v) is 11.4. The number of sulfone groups is 1. The highest BCUT2D eigenvalue weighted by Gasteiger charge is 2.40. The number of hydrogen-bond acceptors (Lipinski definition) is 4. The van der Waals surface area contributed by atoms with Gasteiger partial charge in [-0.3, -0.25) is 0 Å². The Balaban J connectivity index is 2.15.